The molecule has 0 aliphatic carbocycles. The predicted octanol–water partition coefficient (Wildman–Crippen LogP) is 4.75. The van der Waals surface area contributed by atoms with Crippen LogP contribution >= 0.6 is 7.60 Å². The smallest absolute Gasteiger partial charge is 0.408 e. The lowest BCUT2D eigenvalue weighted by Crippen LogP contribution is -2.43. The molecular formula is C23H28F2NO7P. The van der Waals surface area contributed by atoms with Crippen LogP contribution in [0.3, 0.4) is 0 Å². The van der Waals surface area contributed by atoms with E-state index in [4.69, 9.17) is 9.47 Å². The number of ether oxygens (including phenoxy) is 2. The number of esters is 1. The minimum atomic E-state index is -5.29. The molecule has 186 valence electrons. The summed E-state index contributed by atoms with van der Waals surface area (Å²) >= 11 is 0. The first-order valence-corrected chi connectivity index (χ1v) is 12.1. The number of hydrogen-bond donors (Lipinski definition) is 2. The lowest BCUT2D eigenvalue weighted by atomic mass is 10.0. The highest BCUT2D eigenvalue weighted by molar-refractivity contribution is 7.53. The Morgan fingerprint density at radius 1 is 1.09 bits per heavy atom. The van der Waals surface area contributed by atoms with Gasteiger partial charge in [0.25, 0.3) is 0 Å². The van der Waals surface area contributed by atoms with Crippen molar-refractivity contribution in [3.8, 4) is 0 Å². The van der Waals surface area contributed by atoms with E-state index in [1.807, 2.05) is 6.07 Å². The van der Waals surface area contributed by atoms with E-state index in [-0.39, 0.29) is 19.4 Å². The fourth-order valence-electron chi connectivity index (χ4n) is 2.87. The first-order chi connectivity index (χ1) is 16.0. The molecule has 0 aliphatic rings. The molecule has 2 aromatic rings. The van der Waals surface area contributed by atoms with Gasteiger partial charge in [-0.1, -0.05) is 61.5 Å². The molecule has 3 unspecified atom stereocenters. The number of carbonyl (C=O) groups excluding carboxylic acids is 2. The molecule has 1 amide bonds. The van der Waals surface area contributed by atoms with Gasteiger partial charge in [-0.15, -0.1) is 0 Å². The molecule has 3 atom stereocenters. The normalized spacial score (nSPS) is 15.0. The molecular weight excluding hydrogens is 471 g/mol. The summed E-state index contributed by atoms with van der Waals surface area (Å²) in [5, 5.41) is 2.40. The third kappa shape index (κ3) is 7.35. The number of hydrogen-bond acceptors (Lipinski definition) is 6. The summed E-state index contributed by atoms with van der Waals surface area (Å²) in [6.07, 6.45) is -1.48. The maximum atomic E-state index is 14.6. The number of rotatable bonds is 11. The zero-order valence-corrected chi connectivity index (χ0v) is 20.0. The molecule has 0 radical (unpaired) electrons. The van der Waals surface area contributed by atoms with Crippen molar-refractivity contribution in [1.29, 1.82) is 0 Å². The molecule has 0 aliphatic heterocycles. The Hall–Kier alpha value is -2.81. The van der Waals surface area contributed by atoms with Gasteiger partial charge in [0.15, 0.2) is 0 Å². The standard InChI is InChI=1S/C23H28F2NO7P/c1-4-16(2)33-34(29,30)23(24,25)19-12-10-17(11-13-19)14-20(21(27)31-3)26-22(28)32-15-18-8-6-5-7-9-18/h5-13,16,20H,4,14-15H2,1-3H3,(H,26,28)(H,29,30). The molecule has 11 heteroatoms. The van der Waals surface area contributed by atoms with E-state index in [2.05, 4.69) is 9.84 Å². The van der Waals surface area contributed by atoms with Crippen LogP contribution in [-0.2, 0) is 42.0 Å². The summed E-state index contributed by atoms with van der Waals surface area (Å²) in [5.41, 5.74) is -3.69. The Labute approximate surface area is 196 Å². The minimum absolute atomic E-state index is 0.00964. The third-order valence-corrected chi connectivity index (χ3v) is 6.60. The fraction of sp³-hybridized carbons (Fsp3) is 0.391. The second kappa shape index (κ2) is 12.1. The summed E-state index contributed by atoms with van der Waals surface area (Å²) in [5.74, 6) is -0.757. The van der Waals surface area contributed by atoms with Crippen LogP contribution in [-0.4, -0.2) is 36.2 Å². The molecule has 2 rings (SSSR count). The summed E-state index contributed by atoms with van der Waals surface area (Å²) in [7, 11) is -4.14. The second-order valence-electron chi connectivity index (χ2n) is 7.57. The van der Waals surface area contributed by atoms with E-state index >= 15 is 0 Å². The first kappa shape index (κ1) is 27.4. The molecule has 0 bridgehead atoms. The third-order valence-electron chi connectivity index (χ3n) is 4.98. The zero-order valence-electron chi connectivity index (χ0n) is 19.1. The molecule has 34 heavy (non-hydrogen) atoms. The lowest BCUT2D eigenvalue weighted by Gasteiger charge is -2.25. The van der Waals surface area contributed by atoms with Crippen molar-refractivity contribution in [3.63, 3.8) is 0 Å². The van der Waals surface area contributed by atoms with Crippen molar-refractivity contribution in [3.05, 3.63) is 71.3 Å². The average Bonchev–Trinajstić information content (AvgIpc) is 2.82. The highest BCUT2D eigenvalue weighted by Gasteiger charge is 2.53. The molecule has 8 nitrogen and oxygen atoms in total. The van der Waals surface area contributed by atoms with E-state index in [9.17, 15) is 27.8 Å². The number of alkyl carbamates (subject to hydrolysis) is 1. The van der Waals surface area contributed by atoms with E-state index in [1.165, 1.54) is 19.1 Å². The van der Waals surface area contributed by atoms with Gasteiger partial charge in [-0.05, 0) is 24.5 Å². The number of nitrogens with one attached hydrogen (secondary N) is 1. The summed E-state index contributed by atoms with van der Waals surface area (Å²) in [4.78, 5) is 34.1. The van der Waals surface area contributed by atoms with Crippen LogP contribution in [0.25, 0.3) is 0 Å². The fourth-order valence-corrected chi connectivity index (χ4v) is 4.11. The van der Waals surface area contributed by atoms with Crippen molar-refractivity contribution < 1.29 is 41.8 Å². The van der Waals surface area contributed by atoms with Crippen LogP contribution in [0.15, 0.2) is 54.6 Å². The summed E-state index contributed by atoms with van der Waals surface area (Å²) < 4.78 is 55.9. The van der Waals surface area contributed by atoms with Gasteiger partial charge in [0.1, 0.15) is 12.6 Å². The van der Waals surface area contributed by atoms with Crippen molar-refractivity contribution >= 4 is 19.7 Å². The lowest BCUT2D eigenvalue weighted by molar-refractivity contribution is -0.143. The number of alkyl halides is 2. The minimum Gasteiger partial charge on any atom is -0.467 e. The number of benzene rings is 2. The number of amides is 1. The molecule has 2 aromatic carbocycles. The highest BCUT2D eigenvalue weighted by Crippen LogP contribution is 2.63. The van der Waals surface area contributed by atoms with Crippen LogP contribution in [0.4, 0.5) is 13.6 Å². The van der Waals surface area contributed by atoms with E-state index in [1.54, 1.807) is 31.2 Å². The van der Waals surface area contributed by atoms with E-state index < -0.39 is 43.0 Å². The molecule has 0 heterocycles. The van der Waals surface area contributed by atoms with Gasteiger partial charge < -0.3 is 24.2 Å². The largest absolute Gasteiger partial charge is 0.467 e. The van der Waals surface area contributed by atoms with Gasteiger partial charge in [0.2, 0.25) is 0 Å². The van der Waals surface area contributed by atoms with Crippen LogP contribution < -0.4 is 5.32 Å². The number of methoxy groups -OCH3 is 1. The Kier molecular flexibility index (Phi) is 9.73. The summed E-state index contributed by atoms with van der Waals surface area (Å²) in [6.45, 7) is 3.05. The van der Waals surface area contributed by atoms with Gasteiger partial charge in [-0.2, -0.15) is 8.78 Å². The highest BCUT2D eigenvalue weighted by atomic mass is 31.2. The van der Waals surface area contributed by atoms with Gasteiger partial charge in [0.05, 0.1) is 13.2 Å². The molecule has 0 saturated carbocycles. The van der Waals surface area contributed by atoms with Gasteiger partial charge >= 0.3 is 25.3 Å². The topological polar surface area (TPSA) is 111 Å². The summed E-state index contributed by atoms with van der Waals surface area (Å²) in [6, 6.07) is 12.2. The van der Waals surface area contributed by atoms with Crippen molar-refractivity contribution in [2.24, 2.45) is 0 Å². The second-order valence-corrected chi connectivity index (χ2v) is 9.38. The maximum Gasteiger partial charge on any atom is 0.408 e. The van der Waals surface area contributed by atoms with Gasteiger partial charge in [-0.3, -0.25) is 4.57 Å². The van der Waals surface area contributed by atoms with Crippen molar-refractivity contribution in [2.75, 3.05) is 7.11 Å². The molecule has 2 N–H and O–H groups in total. The zero-order chi connectivity index (χ0) is 25.4. The maximum absolute atomic E-state index is 14.6. The predicted molar refractivity (Wildman–Crippen MR) is 120 cm³/mol. The SMILES string of the molecule is CCC(C)OP(=O)(O)C(F)(F)c1ccc(CC(NC(=O)OCc2ccccc2)C(=O)OC)cc1. The van der Waals surface area contributed by atoms with Crippen LogP contribution in [0, 0.1) is 0 Å². The van der Waals surface area contributed by atoms with Gasteiger partial charge in [0, 0.05) is 12.0 Å². The quantitative estimate of drug-likeness (QED) is 0.339. The van der Waals surface area contributed by atoms with Crippen LogP contribution in [0.2, 0.25) is 0 Å². The van der Waals surface area contributed by atoms with E-state index in [0.717, 1.165) is 24.8 Å². The first-order valence-electron chi connectivity index (χ1n) is 10.5. The Morgan fingerprint density at radius 2 is 1.71 bits per heavy atom. The number of carbonyl (C=O) groups is 2. The van der Waals surface area contributed by atoms with Crippen LogP contribution in [0.1, 0.15) is 37.0 Å². The van der Waals surface area contributed by atoms with Crippen molar-refractivity contribution in [1.82, 2.24) is 5.32 Å². The molecule has 0 fully saturated rings. The average molecular weight is 499 g/mol. The molecule has 0 spiro atoms. The Morgan fingerprint density at radius 3 is 2.26 bits per heavy atom. The molecule has 0 aromatic heterocycles. The van der Waals surface area contributed by atoms with Crippen LogP contribution in [0.5, 0.6) is 0 Å². The Balaban J connectivity index is 2.07. The Bertz CT molecular complexity index is 1000. The van der Waals surface area contributed by atoms with Gasteiger partial charge in [-0.25, -0.2) is 9.59 Å². The van der Waals surface area contributed by atoms with E-state index in [0.29, 0.717) is 5.56 Å². The number of halogens is 2. The molecule has 0 saturated heterocycles. The monoisotopic (exact) mass is 499 g/mol. The van der Waals surface area contributed by atoms with Crippen molar-refractivity contribution in [2.45, 2.75) is 51.1 Å².